The highest BCUT2D eigenvalue weighted by molar-refractivity contribution is 6.33. The number of nitrogens with zero attached hydrogens (tertiary/aromatic N) is 1. The van der Waals surface area contributed by atoms with Crippen LogP contribution in [0.5, 0.6) is 0 Å². The lowest BCUT2D eigenvalue weighted by atomic mass is 9.94. The van der Waals surface area contributed by atoms with Crippen molar-refractivity contribution < 1.29 is 0 Å². The molecule has 1 heterocycles. The number of rotatable bonds is 4. The molecule has 2 rings (SSSR count). The Kier molecular flexibility index (Phi) is 5.34. The summed E-state index contributed by atoms with van der Waals surface area (Å²) in [5, 5.41) is 4.61. The largest absolute Gasteiger partial charge is 0.364 e. The van der Waals surface area contributed by atoms with E-state index < -0.39 is 0 Å². The van der Waals surface area contributed by atoms with Gasteiger partial charge in [0.1, 0.15) is 0 Å². The maximum atomic E-state index is 6.48. The summed E-state index contributed by atoms with van der Waals surface area (Å²) in [6.07, 6.45) is 2.36. The van der Waals surface area contributed by atoms with Crippen LogP contribution in [0.25, 0.3) is 0 Å². The van der Waals surface area contributed by atoms with E-state index in [1.54, 1.807) is 0 Å². The summed E-state index contributed by atoms with van der Waals surface area (Å²) >= 11 is 6.48. The lowest BCUT2D eigenvalue weighted by molar-refractivity contribution is 0.306. The molecule has 0 spiro atoms. The number of halogens is 1. The Morgan fingerprint density at radius 1 is 1.40 bits per heavy atom. The van der Waals surface area contributed by atoms with Crippen molar-refractivity contribution in [3.63, 3.8) is 0 Å². The summed E-state index contributed by atoms with van der Waals surface area (Å²) in [4.78, 5) is 2.53. The molecule has 0 saturated carbocycles. The highest BCUT2D eigenvalue weighted by Gasteiger charge is 2.30. The molecule has 3 heteroatoms. The molecule has 112 valence electrons. The molecule has 0 aliphatic carbocycles. The first-order valence-corrected chi connectivity index (χ1v) is 8.21. The summed E-state index contributed by atoms with van der Waals surface area (Å²) in [6, 6.07) is 7.30. The number of hydrogen-bond acceptors (Lipinski definition) is 2. The monoisotopic (exact) mass is 294 g/mol. The molecule has 3 atom stereocenters. The molecule has 0 bridgehead atoms. The Bertz CT molecular complexity index is 426. The fourth-order valence-corrected chi connectivity index (χ4v) is 3.44. The van der Waals surface area contributed by atoms with E-state index in [1.807, 2.05) is 12.1 Å². The van der Waals surface area contributed by atoms with Crippen LogP contribution in [0.2, 0.25) is 5.02 Å². The van der Waals surface area contributed by atoms with E-state index in [9.17, 15) is 0 Å². The van der Waals surface area contributed by atoms with Gasteiger partial charge in [-0.1, -0.05) is 50.9 Å². The average molecular weight is 295 g/mol. The van der Waals surface area contributed by atoms with Gasteiger partial charge >= 0.3 is 0 Å². The number of piperazine rings is 1. The molecule has 1 fully saturated rings. The molecule has 0 radical (unpaired) electrons. The van der Waals surface area contributed by atoms with E-state index in [4.69, 9.17) is 11.6 Å². The quantitative estimate of drug-likeness (QED) is 0.893. The minimum Gasteiger partial charge on any atom is -0.364 e. The zero-order valence-electron chi connectivity index (χ0n) is 13.1. The van der Waals surface area contributed by atoms with Crippen molar-refractivity contribution in [1.29, 1.82) is 0 Å². The van der Waals surface area contributed by atoms with Crippen molar-refractivity contribution in [1.82, 2.24) is 5.32 Å². The normalized spacial score (nSPS) is 24.8. The lowest BCUT2D eigenvalue weighted by Crippen LogP contribution is -2.58. The second-order valence-corrected chi connectivity index (χ2v) is 6.43. The van der Waals surface area contributed by atoms with Crippen LogP contribution >= 0.6 is 11.6 Å². The average Bonchev–Trinajstić information content (AvgIpc) is 2.46. The highest BCUT2D eigenvalue weighted by Crippen LogP contribution is 2.33. The summed E-state index contributed by atoms with van der Waals surface area (Å²) in [6.45, 7) is 11.1. The number of nitrogens with one attached hydrogen (secondary N) is 1. The summed E-state index contributed by atoms with van der Waals surface area (Å²) in [5.41, 5.74) is 2.51. The topological polar surface area (TPSA) is 15.3 Å². The molecule has 1 aromatic rings. The summed E-state index contributed by atoms with van der Waals surface area (Å²) < 4.78 is 0. The van der Waals surface area contributed by atoms with Crippen LogP contribution in [0.1, 0.15) is 39.2 Å². The Morgan fingerprint density at radius 2 is 2.15 bits per heavy atom. The van der Waals surface area contributed by atoms with Crippen molar-refractivity contribution in [2.75, 3.05) is 18.0 Å². The number of anilines is 1. The van der Waals surface area contributed by atoms with Crippen LogP contribution in [-0.2, 0) is 0 Å². The van der Waals surface area contributed by atoms with Crippen LogP contribution < -0.4 is 10.2 Å². The first kappa shape index (κ1) is 15.7. The summed E-state index contributed by atoms with van der Waals surface area (Å²) in [5.74, 6) is 0.693. The molecule has 1 aliphatic heterocycles. The maximum Gasteiger partial charge on any atom is 0.0642 e. The fourth-order valence-electron chi connectivity index (χ4n) is 3.11. The molecular formula is C17H27ClN2. The van der Waals surface area contributed by atoms with Gasteiger partial charge in [0.05, 0.1) is 10.7 Å². The molecule has 1 aliphatic rings. The van der Waals surface area contributed by atoms with E-state index in [0.29, 0.717) is 18.0 Å². The van der Waals surface area contributed by atoms with Crippen LogP contribution in [0.15, 0.2) is 18.2 Å². The van der Waals surface area contributed by atoms with Gasteiger partial charge in [-0.25, -0.2) is 0 Å². The van der Waals surface area contributed by atoms with Gasteiger partial charge in [-0.3, -0.25) is 0 Å². The van der Waals surface area contributed by atoms with E-state index in [0.717, 1.165) is 24.5 Å². The molecule has 0 amide bonds. The fraction of sp³-hybridized carbons (Fsp3) is 0.647. The molecule has 1 N–H and O–H groups in total. The zero-order valence-corrected chi connectivity index (χ0v) is 13.9. The van der Waals surface area contributed by atoms with Gasteiger partial charge in [-0.2, -0.15) is 0 Å². The Labute approximate surface area is 128 Å². The predicted molar refractivity (Wildman–Crippen MR) is 88.9 cm³/mol. The summed E-state index contributed by atoms with van der Waals surface area (Å²) in [7, 11) is 0. The van der Waals surface area contributed by atoms with Gasteiger partial charge in [0, 0.05) is 25.2 Å². The third kappa shape index (κ3) is 3.12. The van der Waals surface area contributed by atoms with Crippen molar-refractivity contribution in [3.05, 3.63) is 28.8 Å². The zero-order chi connectivity index (χ0) is 14.7. The second kappa shape index (κ2) is 6.82. The molecule has 20 heavy (non-hydrogen) atoms. The molecule has 1 saturated heterocycles. The van der Waals surface area contributed by atoms with Gasteiger partial charge in [0.2, 0.25) is 0 Å². The van der Waals surface area contributed by atoms with Gasteiger partial charge in [-0.05, 0) is 30.9 Å². The van der Waals surface area contributed by atoms with Crippen LogP contribution in [-0.4, -0.2) is 25.2 Å². The second-order valence-electron chi connectivity index (χ2n) is 6.02. The lowest BCUT2D eigenvalue weighted by Gasteiger charge is -2.44. The van der Waals surface area contributed by atoms with Crippen molar-refractivity contribution in [2.24, 2.45) is 5.92 Å². The smallest absolute Gasteiger partial charge is 0.0642 e. The third-order valence-electron chi connectivity index (χ3n) is 4.73. The van der Waals surface area contributed by atoms with Crippen molar-refractivity contribution in [3.8, 4) is 0 Å². The standard InChI is InChI=1S/C17H27ClN2/c1-5-12(3)16-11-20(14(6-2)10-19-16)17-13(4)8-7-9-15(17)18/h7-9,12,14,16,19H,5-6,10-11H2,1-4H3. The van der Waals surface area contributed by atoms with Crippen molar-refractivity contribution in [2.45, 2.75) is 52.6 Å². The van der Waals surface area contributed by atoms with Gasteiger partial charge in [0.15, 0.2) is 0 Å². The van der Waals surface area contributed by atoms with E-state index in [-0.39, 0.29) is 0 Å². The Morgan fingerprint density at radius 3 is 2.75 bits per heavy atom. The Hall–Kier alpha value is -0.730. The van der Waals surface area contributed by atoms with Crippen LogP contribution in [0, 0.1) is 12.8 Å². The SMILES string of the molecule is CCC(C)C1CN(c2c(C)cccc2Cl)C(CC)CN1. The number of hydrogen-bond donors (Lipinski definition) is 1. The molecule has 1 aromatic carbocycles. The molecule has 0 aromatic heterocycles. The van der Waals surface area contributed by atoms with Crippen molar-refractivity contribution >= 4 is 17.3 Å². The van der Waals surface area contributed by atoms with E-state index >= 15 is 0 Å². The molecule has 2 nitrogen and oxygen atoms in total. The number of benzene rings is 1. The first-order valence-electron chi connectivity index (χ1n) is 7.83. The highest BCUT2D eigenvalue weighted by atomic mass is 35.5. The molecule has 3 unspecified atom stereocenters. The maximum absolute atomic E-state index is 6.48. The van der Waals surface area contributed by atoms with E-state index in [1.165, 1.54) is 17.7 Å². The number of para-hydroxylation sites is 1. The molecular weight excluding hydrogens is 268 g/mol. The van der Waals surface area contributed by atoms with Crippen LogP contribution in [0.4, 0.5) is 5.69 Å². The van der Waals surface area contributed by atoms with Gasteiger partial charge in [0.25, 0.3) is 0 Å². The van der Waals surface area contributed by atoms with Crippen LogP contribution in [0.3, 0.4) is 0 Å². The Balaban J connectivity index is 2.29. The predicted octanol–water partition coefficient (Wildman–Crippen LogP) is 4.25. The number of aryl methyl sites for hydroxylation is 1. The minimum absolute atomic E-state index is 0.536. The third-order valence-corrected chi connectivity index (χ3v) is 5.03. The van der Waals surface area contributed by atoms with E-state index in [2.05, 4.69) is 44.0 Å². The van der Waals surface area contributed by atoms with Gasteiger partial charge < -0.3 is 10.2 Å². The van der Waals surface area contributed by atoms with Gasteiger partial charge in [-0.15, -0.1) is 0 Å². The first-order chi connectivity index (χ1) is 9.58. The minimum atomic E-state index is 0.536.